The van der Waals surface area contributed by atoms with Crippen molar-refractivity contribution in [3.8, 4) is 5.75 Å². The fourth-order valence-electron chi connectivity index (χ4n) is 1.66. The maximum Gasteiger partial charge on any atom is 0.288 e. The molecule has 7 nitrogen and oxygen atoms in total. The quantitative estimate of drug-likeness (QED) is 0.573. The van der Waals surface area contributed by atoms with Crippen LogP contribution >= 0.6 is 11.6 Å². The Balaban J connectivity index is 1.95. The van der Waals surface area contributed by atoms with Crippen LogP contribution in [0.1, 0.15) is 31.5 Å². The number of hydrogen-bond donors (Lipinski definition) is 0. The molecular weight excluding hydrogens is 298 g/mol. The maximum atomic E-state index is 10.6. The highest BCUT2D eigenvalue weighted by molar-refractivity contribution is 6.32. The number of hydrogen-bond acceptors (Lipinski definition) is 6. The summed E-state index contributed by atoms with van der Waals surface area (Å²) in [4.78, 5) is 14.3. The lowest BCUT2D eigenvalue weighted by Gasteiger charge is -2.03. The molecule has 21 heavy (non-hydrogen) atoms. The van der Waals surface area contributed by atoms with Gasteiger partial charge in [-0.3, -0.25) is 10.1 Å². The molecular formula is C13H14ClN3O4. The number of unbranched alkanes of at least 4 members (excludes halogenated alkanes) is 1. The van der Waals surface area contributed by atoms with Crippen molar-refractivity contribution >= 4 is 17.3 Å². The highest BCUT2D eigenvalue weighted by atomic mass is 35.5. The second-order valence-corrected chi connectivity index (χ2v) is 4.77. The summed E-state index contributed by atoms with van der Waals surface area (Å²) in [6.45, 7) is 2.18. The van der Waals surface area contributed by atoms with Crippen LogP contribution in [0.25, 0.3) is 0 Å². The van der Waals surface area contributed by atoms with Crippen molar-refractivity contribution in [2.45, 2.75) is 32.8 Å². The second kappa shape index (κ2) is 7.03. The van der Waals surface area contributed by atoms with Crippen LogP contribution in [0, 0.1) is 10.1 Å². The monoisotopic (exact) mass is 311 g/mol. The molecule has 0 fully saturated rings. The number of nitrogens with zero attached hydrogens (tertiary/aromatic N) is 3. The average Bonchev–Trinajstić information content (AvgIpc) is 2.90. The van der Waals surface area contributed by atoms with E-state index >= 15 is 0 Å². The number of ether oxygens (including phenoxy) is 1. The summed E-state index contributed by atoms with van der Waals surface area (Å²) in [7, 11) is 0. The molecule has 0 aliphatic rings. The first kappa shape index (κ1) is 15.2. The molecule has 0 saturated heterocycles. The van der Waals surface area contributed by atoms with Gasteiger partial charge in [-0.1, -0.05) is 30.1 Å². The van der Waals surface area contributed by atoms with Crippen LogP contribution in [0.15, 0.2) is 22.7 Å². The first-order chi connectivity index (χ1) is 10.1. The highest BCUT2D eigenvalue weighted by Crippen LogP contribution is 2.28. The van der Waals surface area contributed by atoms with Crippen molar-refractivity contribution in [1.82, 2.24) is 10.1 Å². The van der Waals surface area contributed by atoms with Crippen LogP contribution in [0.5, 0.6) is 5.75 Å². The van der Waals surface area contributed by atoms with Crippen molar-refractivity contribution in [1.29, 1.82) is 0 Å². The van der Waals surface area contributed by atoms with Gasteiger partial charge in [0.15, 0.2) is 12.4 Å². The van der Waals surface area contributed by atoms with Gasteiger partial charge in [-0.2, -0.15) is 4.98 Å². The molecule has 0 atom stereocenters. The van der Waals surface area contributed by atoms with E-state index in [1.807, 2.05) is 0 Å². The van der Waals surface area contributed by atoms with E-state index < -0.39 is 4.92 Å². The Labute approximate surface area is 126 Å². The Bertz CT molecular complexity index is 630. The summed E-state index contributed by atoms with van der Waals surface area (Å²) in [5.74, 6) is 1.41. The molecule has 0 aliphatic heterocycles. The third-order valence-electron chi connectivity index (χ3n) is 2.74. The largest absolute Gasteiger partial charge is 0.484 e. The standard InChI is InChI=1S/C13H14ClN3O4/c1-2-3-4-12-15-13(21-16-12)8-20-9-5-6-11(17(18)19)10(14)7-9/h5-7H,2-4,8H2,1H3. The van der Waals surface area contributed by atoms with Crippen molar-refractivity contribution in [2.24, 2.45) is 0 Å². The van der Waals surface area contributed by atoms with Gasteiger partial charge in [-0.05, 0) is 12.5 Å². The van der Waals surface area contributed by atoms with Crippen molar-refractivity contribution < 1.29 is 14.2 Å². The highest BCUT2D eigenvalue weighted by Gasteiger charge is 2.13. The van der Waals surface area contributed by atoms with Crippen LogP contribution < -0.4 is 4.74 Å². The minimum Gasteiger partial charge on any atom is -0.484 e. The smallest absolute Gasteiger partial charge is 0.288 e. The normalized spacial score (nSPS) is 10.6. The molecule has 2 aromatic rings. The van der Waals surface area contributed by atoms with Gasteiger partial charge in [-0.15, -0.1) is 0 Å². The van der Waals surface area contributed by atoms with Crippen molar-refractivity contribution in [3.05, 3.63) is 45.1 Å². The van der Waals surface area contributed by atoms with Crippen LogP contribution in [-0.2, 0) is 13.0 Å². The van der Waals surface area contributed by atoms with Crippen LogP contribution in [0.3, 0.4) is 0 Å². The van der Waals surface area contributed by atoms with E-state index in [0.717, 1.165) is 19.3 Å². The van der Waals surface area contributed by atoms with E-state index in [4.69, 9.17) is 20.9 Å². The lowest BCUT2D eigenvalue weighted by Crippen LogP contribution is -1.97. The zero-order valence-corrected chi connectivity index (χ0v) is 12.2. The number of nitro benzene ring substituents is 1. The summed E-state index contributed by atoms with van der Waals surface area (Å²) in [5, 5.41) is 14.5. The van der Waals surface area contributed by atoms with E-state index in [-0.39, 0.29) is 17.3 Å². The van der Waals surface area contributed by atoms with Gasteiger partial charge >= 0.3 is 0 Å². The molecule has 0 amide bonds. The van der Waals surface area contributed by atoms with Gasteiger partial charge in [0.2, 0.25) is 0 Å². The van der Waals surface area contributed by atoms with Gasteiger partial charge in [-0.25, -0.2) is 0 Å². The van der Waals surface area contributed by atoms with Gasteiger partial charge in [0.1, 0.15) is 10.8 Å². The number of benzene rings is 1. The Hall–Kier alpha value is -2.15. The summed E-state index contributed by atoms with van der Waals surface area (Å²) in [5.41, 5.74) is -0.163. The van der Waals surface area contributed by atoms with Gasteiger partial charge in [0, 0.05) is 18.6 Å². The topological polar surface area (TPSA) is 91.3 Å². The van der Waals surface area contributed by atoms with E-state index in [9.17, 15) is 10.1 Å². The minimum atomic E-state index is -0.551. The average molecular weight is 312 g/mol. The Kier molecular flexibility index (Phi) is 5.10. The van der Waals surface area contributed by atoms with Gasteiger partial charge < -0.3 is 9.26 Å². The second-order valence-electron chi connectivity index (χ2n) is 4.37. The molecule has 2 rings (SSSR count). The number of aryl methyl sites for hydroxylation is 1. The van der Waals surface area contributed by atoms with E-state index in [1.165, 1.54) is 18.2 Å². The fraction of sp³-hybridized carbons (Fsp3) is 0.385. The summed E-state index contributed by atoms with van der Waals surface area (Å²) in [6, 6.07) is 4.14. The molecule has 0 aliphatic carbocycles. The molecule has 8 heteroatoms. The minimum absolute atomic E-state index is 0.0201. The zero-order chi connectivity index (χ0) is 15.2. The number of nitro groups is 1. The molecule has 0 bridgehead atoms. The summed E-state index contributed by atoms with van der Waals surface area (Å²) < 4.78 is 10.5. The molecule has 0 saturated carbocycles. The third kappa shape index (κ3) is 4.16. The molecule has 1 aromatic heterocycles. The first-order valence-corrected chi connectivity index (χ1v) is 6.86. The van der Waals surface area contributed by atoms with Gasteiger partial charge in [0.05, 0.1) is 4.92 Å². The molecule has 0 unspecified atom stereocenters. The van der Waals surface area contributed by atoms with Crippen molar-refractivity contribution in [3.63, 3.8) is 0 Å². The lowest BCUT2D eigenvalue weighted by atomic mass is 10.2. The third-order valence-corrected chi connectivity index (χ3v) is 3.04. The first-order valence-electron chi connectivity index (χ1n) is 6.48. The lowest BCUT2D eigenvalue weighted by molar-refractivity contribution is -0.384. The predicted molar refractivity (Wildman–Crippen MR) is 75.3 cm³/mol. The fourth-order valence-corrected chi connectivity index (χ4v) is 1.90. The number of rotatable bonds is 7. The number of aromatic nitrogens is 2. The zero-order valence-electron chi connectivity index (χ0n) is 11.4. The van der Waals surface area contributed by atoms with Crippen LogP contribution in [0.4, 0.5) is 5.69 Å². The van der Waals surface area contributed by atoms with Crippen molar-refractivity contribution in [2.75, 3.05) is 0 Å². The summed E-state index contributed by atoms with van der Waals surface area (Å²) in [6.07, 6.45) is 2.82. The summed E-state index contributed by atoms with van der Waals surface area (Å²) >= 11 is 5.79. The Morgan fingerprint density at radius 1 is 1.48 bits per heavy atom. The molecule has 0 N–H and O–H groups in total. The van der Waals surface area contributed by atoms with E-state index in [1.54, 1.807) is 0 Å². The Morgan fingerprint density at radius 2 is 2.29 bits per heavy atom. The van der Waals surface area contributed by atoms with E-state index in [2.05, 4.69) is 17.1 Å². The molecule has 1 heterocycles. The van der Waals surface area contributed by atoms with Gasteiger partial charge in [0.25, 0.3) is 11.6 Å². The molecule has 1 aromatic carbocycles. The molecule has 0 spiro atoms. The maximum absolute atomic E-state index is 10.6. The predicted octanol–water partition coefficient (Wildman–Crippen LogP) is 3.55. The van der Waals surface area contributed by atoms with Crippen LogP contribution in [0.2, 0.25) is 5.02 Å². The SMILES string of the molecule is CCCCc1noc(COc2ccc([N+](=O)[O-])c(Cl)c2)n1. The Morgan fingerprint density at radius 3 is 2.95 bits per heavy atom. The van der Waals surface area contributed by atoms with E-state index in [0.29, 0.717) is 17.5 Å². The molecule has 0 radical (unpaired) electrons. The number of halogens is 1. The molecule has 112 valence electrons. The van der Waals surface area contributed by atoms with Crippen LogP contribution in [-0.4, -0.2) is 15.1 Å².